The third-order valence-electron chi connectivity index (χ3n) is 2.72. The fourth-order valence-electron chi connectivity index (χ4n) is 1.73. The number of hydrogen-bond donors (Lipinski definition) is 4. The van der Waals surface area contributed by atoms with E-state index in [2.05, 4.69) is 10.3 Å². The molecule has 0 saturated carbocycles. The first-order valence-electron chi connectivity index (χ1n) is 5.88. The average Bonchev–Trinajstić information content (AvgIpc) is 2.73. The van der Waals surface area contributed by atoms with E-state index in [1.807, 2.05) is 18.2 Å². The summed E-state index contributed by atoms with van der Waals surface area (Å²) in [4.78, 5) is 13.6. The molecule has 0 bridgehead atoms. The van der Waals surface area contributed by atoms with Crippen molar-refractivity contribution in [2.24, 2.45) is 5.73 Å². The molecule has 18 heavy (non-hydrogen) atoms. The number of rotatable bonds is 6. The predicted molar refractivity (Wildman–Crippen MR) is 68.5 cm³/mol. The van der Waals surface area contributed by atoms with Crippen LogP contribution in [0.3, 0.4) is 0 Å². The highest BCUT2D eigenvalue weighted by Crippen LogP contribution is 2.12. The summed E-state index contributed by atoms with van der Waals surface area (Å²) in [6, 6.07) is 5.40. The number of hydrogen-bond acceptors (Lipinski definition) is 5. The molecule has 6 heteroatoms. The Labute approximate surface area is 104 Å². The maximum Gasteiger partial charge on any atom is 0.417 e. The molecule has 6 nitrogen and oxygen atoms in total. The first-order valence-corrected chi connectivity index (χ1v) is 5.88. The Kier molecular flexibility index (Phi) is 4.14. The van der Waals surface area contributed by atoms with Gasteiger partial charge in [0.2, 0.25) is 0 Å². The smallest absolute Gasteiger partial charge is 0.408 e. The van der Waals surface area contributed by atoms with Gasteiger partial charge >= 0.3 is 5.76 Å². The van der Waals surface area contributed by atoms with Gasteiger partial charge in [-0.1, -0.05) is 6.07 Å². The summed E-state index contributed by atoms with van der Waals surface area (Å²) in [5, 5.41) is 11.9. The maximum atomic E-state index is 11.0. The van der Waals surface area contributed by atoms with Crippen LogP contribution in [0.5, 0.6) is 0 Å². The van der Waals surface area contributed by atoms with Crippen molar-refractivity contribution in [3.05, 3.63) is 34.3 Å². The number of nitrogens with two attached hydrogens (primary N) is 1. The number of aliphatic hydroxyl groups excluding tert-OH is 1. The molecule has 1 aromatic carbocycles. The van der Waals surface area contributed by atoms with E-state index < -0.39 is 5.76 Å². The van der Waals surface area contributed by atoms with Crippen molar-refractivity contribution in [1.82, 2.24) is 10.3 Å². The molecular weight excluding hydrogens is 234 g/mol. The SMILES string of the molecule is NC(CO)CNCCc1ccc2[nH]c(=O)oc2c1. The van der Waals surface area contributed by atoms with Crippen LogP contribution in [0.2, 0.25) is 0 Å². The fraction of sp³-hybridized carbons (Fsp3) is 0.417. The minimum absolute atomic E-state index is 0.0204. The first kappa shape index (κ1) is 12.8. The molecule has 0 aliphatic heterocycles. The predicted octanol–water partition coefficient (Wildman–Crippen LogP) is -0.427. The summed E-state index contributed by atoms with van der Waals surface area (Å²) in [6.07, 6.45) is 0.809. The molecule has 0 spiro atoms. The van der Waals surface area contributed by atoms with E-state index in [0.717, 1.165) is 18.5 Å². The first-order chi connectivity index (χ1) is 8.69. The minimum atomic E-state index is -0.436. The van der Waals surface area contributed by atoms with Crippen molar-refractivity contribution >= 4 is 11.1 Å². The van der Waals surface area contributed by atoms with Gasteiger partial charge in [-0.05, 0) is 30.7 Å². The molecule has 0 amide bonds. The summed E-state index contributed by atoms with van der Waals surface area (Å²) in [5.41, 5.74) is 7.92. The number of nitrogens with one attached hydrogen (secondary N) is 2. The second-order valence-electron chi connectivity index (χ2n) is 4.24. The molecular formula is C12H17N3O3. The highest BCUT2D eigenvalue weighted by atomic mass is 16.4. The van der Waals surface area contributed by atoms with Crippen LogP contribution < -0.4 is 16.8 Å². The van der Waals surface area contributed by atoms with E-state index in [-0.39, 0.29) is 12.6 Å². The van der Waals surface area contributed by atoms with Crippen LogP contribution in [-0.2, 0) is 6.42 Å². The van der Waals surface area contributed by atoms with Crippen LogP contribution in [-0.4, -0.2) is 35.8 Å². The van der Waals surface area contributed by atoms with E-state index in [0.29, 0.717) is 17.6 Å². The van der Waals surface area contributed by atoms with Crippen LogP contribution in [0.1, 0.15) is 5.56 Å². The van der Waals surface area contributed by atoms with Gasteiger partial charge in [0.15, 0.2) is 5.58 Å². The highest BCUT2D eigenvalue weighted by Gasteiger charge is 2.03. The number of benzene rings is 1. The van der Waals surface area contributed by atoms with Gasteiger partial charge in [0, 0.05) is 12.6 Å². The molecule has 98 valence electrons. The van der Waals surface area contributed by atoms with Crippen molar-refractivity contribution in [2.45, 2.75) is 12.5 Å². The normalized spacial score (nSPS) is 13.0. The van der Waals surface area contributed by atoms with Crippen molar-refractivity contribution in [2.75, 3.05) is 19.7 Å². The summed E-state index contributed by atoms with van der Waals surface area (Å²) in [6.45, 7) is 1.32. The maximum absolute atomic E-state index is 11.0. The van der Waals surface area contributed by atoms with Gasteiger partial charge in [0.1, 0.15) is 0 Å². The van der Waals surface area contributed by atoms with Gasteiger partial charge in [-0.2, -0.15) is 0 Å². The molecule has 0 fully saturated rings. The van der Waals surface area contributed by atoms with Crippen molar-refractivity contribution < 1.29 is 9.52 Å². The van der Waals surface area contributed by atoms with Crippen molar-refractivity contribution in [1.29, 1.82) is 0 Å². The van der Waals surface area contributed by atoms with Gasteiger partial charge in [-0.25, -0.2) is 4.79 Å². The number of aromatic nitrogens is 1. The summed E-state index contributed by atoms with van der Waals surface area (Å²) in [5.74, 6) is -0.436. The third kappa shape index (κ3) is 3.19. The number of oxazole rings is 1. The summed E-state index contributed by atoms with van der Waals surface area (Å²) >= 11 is 0. The molecule has 0 aliphatic rings. The average molecular weight is 251 g/mol. The van der Waals surface area contributed by atoms with Crippen molar-refractivity contribution in [3.8, 4) is 0 Å². The lowest BCUT2D eigenvalue weighted by atomic mass is 10.1. The number of fused-ring (bicyclic) bond motifs is 1. The molecule has 0 aliphatic carbocycles. The Morgan fingerprint density at radius 2 is 2.33 bits per heavy atom. The Morgan fingerprint density at radius 1 is 1.50 bits per heavy atom. The zero-order chi connectivity index (χ0) is 13.0. The topological polar surface area (TPSA) is 104 Å². The van der Waals surface area contributed by atoms with Crippen LogP contribution in [0, 0.1) is 0 Å². The molecule has 0 radical (unpaired) electrons. The molecule has 1 aromatic heterocycles. The van der Waals surface area contributed by atoms with Gasteiger partial charge < -0.3 is 20.6 Å². The van der Waals surface area contributed by atoms with Crippen LogP contribution in [0.15, 0.2) is 27.4 Å². The van der Waals surface area contributed by atoms with E-state index >= 15 is 0 Å². The highest BCUT2D eigenvalue weighted by molar-refractivity contribution is 5.72. The summed E-state index contributed by atoms with van der Waals surface area (Å²) in [7, 11) is 0. The van der Waals surface area contributed by atoms with Gasteiger partial charge in [0.05, 0.1) is 12.1 Å². The third-order valence-corrected chi connectivity index (χ3v) is 2.72. The Hall–Kier alpha value is -1.63. The standard InChI is InChI=1S/C12H17N3O3/c13-9(7-16)6-14-4-3-8-1-2-10-11(5-8)18-12(17)15-10/h1-2,5,9,14,16H,3-4,6-7,13H2,(H,15,17). The molecule has 1 atom stereocenters. The van der Waals surface area contributed by atoms with E-state index in [1.165, 1.54) is 0 Å². The minimum Gasteiger partial charge on any atom is -0.408 e. The lowest BCUT2D eigenvalue weighted by Gasteiger charge is -2.09. The zero-order valence-corrected chi connectivity index (χ0v) is 9.98. The van der Waals surface area contributed by atoms with Crippen LogP contribution >= 0.6 is 0 Å². The quantitative estimate of drug-likeness (QED) is 0.522. The second-order valence-corrected chi connectivity index (χ2v) is 4.24. The van der Waals surface area contributed by atoms with Crippen LogP contribution in [0.4, 0.5) is 0 Å². The second kappa shape index (κ2) is 5.81. The Bertz CT molecular complexity index is 561. The van der Waals surface area contributed by atoms with Crippen LogP contribution in [0.25, 0.3) is 11.1 Å². The number of aliphatic hydroxyl groups is 1. The molecule has 0 saturated heterocycles. The Balaban J connectivity index is 1.89. The Morgan fingerprint density at radius 3 is 3.11 bits per heavy atom. The largest absolute Gasteiger partial charge is 0.417 e. The molecule has 1 heterocycles. The zero-order valence-electron chi connectivity index (χ0n) is 9.98. The molecule has 2 rings (SSSR count). The lowest BCUT2D eigenvalue weighted by Crippen LogP contribution is -2.37. The van der Waals surface area contributed by atoms with E-state index in [9.17, 15) is 4.79 Å². The fourth-order valence-corrected chi connectivity index (χ4v) is 1.73. The molecule has 2 aromatic rings. The molecule has 5 N–H and O–H groups in total. The lowest BCUT2D eigenvalue weighted by molar-refractivity contribution is 0.262. The van der Waals surface area contributed by atoms with E-state index in [4.69, 9.17) is 15.3 Å². The monoisotopic (exact) mass is 251 g/mol. The van der Waals surface area contributed by atoms with E-state index in [1.54, 1.807) is 0 Å². The number of aromatic amines is 1. The van der Waals surface area contributed by atoms with Gasteiger partial charge in [-0.15, -0.1) is 0 Å². The molecule has 1 unspecified atom stereocenters. The van der Waals surface area contributed by atoms with Gasteiger partial charge in [0.25, 0.3) is 0 Å². The van der Waals surface area contributed by atoms with Crippen molar-refractivity contribution in [3.63, 3.8) is 0 Å². The summed E-state index contributed by atoms with van der Waals surface area (Å²) < 4.78 is 4.99. The van der Waals surface area contributed by atoms with Gasteiger partial charge in [-0.3, -0.25) is 4.98 Å². The number of H-pyrrole nitrogens is 1.